The predicted octanol–water partition coefficient (Wildman–Crippen LogP) is 3.65. The Balaban J connectivity index is 1.51. The lowest BCUT2D eigenvalue weighted by atomic mass is 10.1. The topological polar surface area (TPSA) is 84.3 Å². The number of fused-ring (bicyclic) bond motifs is 2. The Bertz CT molecular complexity index is 1220. The molecule has 0 saturated heterocycles. The zero-order valence-electron chi connectivity index (χ0n) is 14.0. The fraction of sp³-hybridized carbons (Fsp3) is 0.0526. The van der Waals surface area contributed by atoms with Gasteiger partial charge in [0.15, 0.2) is 0 Å². The Labute approximate surface area is 148 Å². The molecule has 0 spiro atoms. The van der Waals surface area contributed by atoms with Crippen LogP contribution >= 0.6 is 0 Å². The Morgan fingerprint density at radius 1 is 0.962 bits per heavy atom. The van der Waals surface area contributed by atoms with Crippen molar-refractivity contribution < 1.29 is 0 Å². The van der Waals surface area contributed by atoms with E-state index >= 15 is 0 Å². The van der Waals surface area contributed by atoms with Crippen molar-refractivity contribution in [2.24, 2.45) is 7.05 Å². The van der Waals surface area contributed by atoms with Crippen molar-refractivity contribution in [1.29, 1.82) is 0 Å². The van der Waals surface area contributed by atoms with Crippen molar-refractivity contribution >= 4 is 33.4 Å². The molecular weight excluding hydrogens is 326 g/mol. The number of hydrogen-bond acceptors (Lipinski definition) is 5. The van der Waals surface area contributed by atoms with Gasteiger partial charge >= 0.3 is 0 Å². The Hall–Kier alpha value is -3.74. The van der Waals surface area contributed by atoms with E-state index in [4.69, 9.17) is 0 Å². The van der Waals surface area contributed by atoms with Gasteiger partial charge in [-0.15, -0.1) is 0 Å². The quantitative estimate of drug-likeness (QED) is 0.523. The summed E-state index contributed by atoms with van der Waals surface area (Å²) in [6.45, 7) is 0. The Morgan fingerprint density at radius 2 is 1.92 bits per heavy atom. The van der Waals surface area contributed by atoms with Crippen molar-refractivity contribution in [1.82, 2.24) is 29.9 Å². The van der Waals surface area contributed by atoms with E-state index in [1.54, 1.807) is 6.20 Å². The van der Waals surface area contributed by atoms with Gasteiger partial charge in [0, 0.05) is 41.5 Å². The van der Waals surface area contributed by atoms with Gasteiger partial charge < -0.3 is 5.32 Å². The number of anilines is 2. The number of H-pyrrole nitrogens is 1. The molecule has 7 heteroatoms. The van der Waals surface area contributed by atoms with E-state index in [2.05, 4.69) is 30.6 Å². The summed E-state index contributed by atoms with van der Waals surface area (Å²) < 4.78 is 1.85. The molecule has 2 N–H and O–H groups in total. The van der Waals surface area contributed by atoms with Crippen molar-refractivity contribution in [3.05, 3.63) is 61.2 Å². The molecule has 7 nitrogen and oxygen atoms in total. The van der Waals surface area contributed by atoms with Gasteiger partial charge in [-0.25, -0.2) is 9.97 Å². The monoisotopic (exact) mass is 341 g/mol. The lowest BCUT2D eigenvalue weighted by molar-refractivity contribution is 0.797. The first kappa shape index (κ1) is 14.6. The molecule has 3 aromatic heterocycles. The molecule has 126 valence electrons. The van der Waals surface area contributed by atoms with Gasteiger partial charge in [-0.05, 0) is 29.8 Å². The fourth-order valence-electron chi connectivity index (χ4n) is 3.04. The molecular formula is C19H15N7. The molecule has 0 aliphatic heterocycles. The van der Waals surface area contributed by atoms with Crippen LogP contribution in [0, 0.1) is 0 Å². The molecule has 0 fully saturated rings. The molecule has 0 amide bonds. The number of benzene rings is 2. The maximum absolute atomic E-state index is 4.65. The van der Waals surface area contributed by atoms with E-state index in [0.29, 0.717) is 5.95 Å². The van der Waals surface area contributed by atoms with Crippen LogP contribution in [0.5, 0.6) is 0 Å². The minimum Gasteiger partial charge on any atom is -0.324 e. The van der Waals surface area contributed by atoms with E-state index in [-0.39, 0.29) is 0 Å². The van der Waals surface area contributed by atoms with Crippen LogP contribution in [0.1, 0.15) is 0 Å². The van der Waals surface area contributed by atoms with Gasteiger partial charge in [0.2, 0.25) is 5.95 Å². The zero-order chi connectivity index (χ0) is 17.5. The predicted molar refractivity (Wildman–Crippen MR) is 101 cm³/mol. The number of aromatic amines is 1. The maximum atomic E-state index is 4.65. The average Bonchev–Trinajstić information content (AvgIpc) is 3.32. The first-order valence-electron chi connectivity index (χ1n) is 8.21. The summed E-state index contributed by atoms with van der Waals surface area (Å²) in [5.74, 6) is 0.560. The van der Waals surface area contributed by atoms with Gasteiger partial charge in [-0.2, -0.15) is 10.2 Å². The minimum atomic E-state index is 0.560. The van der Waals surface area contributed by atoms with Crippen molar-refractivity contribution in [2.45, 2.75) is 0 Å². The molecule has 0 unspecified atom stereocenters. The number of aryl methyl sites for hydroxylation is 1. The summed E-state index contributed by atoms with van der Waals surface area (Å²) >= 11 is 0. The molecule has 0 atom stereocenters. The van der Waals surface area contributed by atoms with Gasteiger partial charge in [0.1, 0.15) is 0 Å². The lowest BCUT2D eigenvalue weighted by Gasteiger charge is -2.07. The number of aromatic nitrogens is 6. The standard InChI is InChI=1S/C19H15N7/c1-26-18-5-4-16(6-14(18)11-23-26)24-19-20-8-13-3-2-12(7-17(13)25-19)15-9-21-22-10-15/h2-11H,1H3,(H,21,22)(H,20,24,25). The van der Waals surface area contributed by atoms with Gasteiger partial charge in [-0.3, -0.25) is 9.78 Å². The smallest absolute Gasteiger partial charge is 0.227 e. The highest BCUT2D eigenvalue weighted by atomic mass is 15.2. The van der Waals surface area contributed by atoms with Crippen LogP contribution in [0.25, 0.3) is 32.9 Å². The molecule has 0 saturated carbocycles. The minimum absolute atomic E-state index is 0.560. The summed E-state index contributed by atoms with van der Waals surface area (Å²) in [4.78, 5) is 9.07. The van der Waals surface area contributed by atoms with Crippen LogP contribution < -0.4 is 5.32 Å². The highest BCUT2D eigenvalue weighted by Gasteiger charge is 2.06. The number of nitrogens with one attached hydrogen (secondary N) is 2. The molecule has 0 radical (unpaired) electrons. The summed E-state index contributed by atoms with van der Waals surface area (Å²) in [7, 11) is 1.93. The summed E-state index contributed by atoms with van der Waals surface area (Å²) in [6.07, 6.45) is 7.33. The molecule has 0 aliphatic carbocycles. The number of hydrogen-bond donors (Lipinski definition) is 2. The summed E-state index contributed by atoms with van der Waals surface area (Å²) in [5, 5.41) is 16.4. The Morgan fingerprint density at radius 3 is 2.81 bits per heavy atom. The first-order chi connectivity index (χ1) is 12.8. The number of nitrogens with zero attached hydrogens (tertiary/aromatic N) is 5. The van der Waals surface area contributed by atoms with Crippen LogP contribution in [-0.4, -0.2) is 29.9 Å². The number of rotatable bonds is 3. The van der Waals surface area contributed by atoms with E-state index in [0.717, 1.165) is 38.6 Å². The van der Waals surface area contributed by atoms with E-state index < -0.39 is 0 Å². The second-order valence-electron chi connectivity index (χ2n) is 6.12. The van der Waals surface area contributed by atoms with E-state index in [9.17, 15) is 0 Å². The third kappa shape index (κ3) is 2.46. The molecule has 2 aromatic carbocycles. The van der Waals surface area contributed by atoms with Crippen LogP contribution in [0.3, 0.4) is 0 Å². The largest absolute Gasteiger partial charge is 0.324 e. The summed E-state index contributed by atoms with van der Waals surface area (Å²) in [6, 6.07) is 12.2. The normalized spacial score (nSPS) is 11.3. The summed E-state index contributed by atoms with van der Waals surface area (Å²) in [5.41, 5.74) is 4.98. The average molecular weight is 341 g/mol. The molecule has 0 aliphatic rings. The van der Waals surface area contributed by atoms with Crippen LogP contribution in [0.4, 0.5) is 11.6 Å². The lowest BCUT2D eigenvalue weighted by Crippen LogP contribution is -1.97. The van der Waals surface area contributed by atoms with Crippen LogP contribution in [0.15, 0.2) is 61.2 Å². The van der Waals surface area contributed by atoms with Gasteiger partial charge in [-0.1, -0.05) is 12.1 Å². The maximum Gasteiger partial charge on any atom is 0.227 e. The van der Waals surface area contributed by atoms with E-state index in [1.165, 1.54) is 0 Å². The van der Waals surface area contributed by atoms with Crippen molar-refractivity contribution in [2.75, 3.05) is 5.32 Å². The first-order valence-corrected chi connectivity index (χ1v) is 8.21. The second kappa shape index (κ2) is 5.66. The molecule has 5 aromatic rings. The van der Waals surface area contributed by atoms with Crippen LogP contribution in [-0.2, 0) is 7.05 Å². The van der Waals surface area contributed by atoms with Crippen molar-refractivity contribution in [3.63, 3.8) is 0 Å². The molecule has 5 rings (SSSR count). The molecule has 0 bridgehead atoms. The SMILES string of the molecule is Cn1ncc2cc(Nc3ncc4ccc(-c5cn[nH]c5)cc4n3)ccc21. The third-order valence-corrected chi connectivity index (χ3v) is 4.42. The molecule has 26 heavy (non-hydrogen) atoms. The second-order valence-corrected chi connectivity index (χ2v) is 6.12. The fourth-order valence-corrected chi connectivity index (χ4v) is 3.04. The van der Waals surface area contributed by atoms with Crippen LogP contribution in [0.2, 0.25) is 0 Å². The van der Waals surface area contributed by atoms with Gasteiger partial charge in [0.05, 0.1) is 23.4 Å². The highest BCUT2D eigenvalue weighted by Crippen LogP contribution is 2.24. The third-order valence-electron chi connectivity index (χ3n) is 4.42. The van der Waals surface area contributed by atoms with E-state index in [1.807, 2.05) is 66.7 Å². The zero-order valence-corrected chi connectivity index (χ0v) is 14.0. The van der Waals surface area contributed by atoms with Crippen molar-refractivity contribution in [3.8, 4) is 11.1 Å². The Kier molecular flexibility index (Phi) is 3.18. The highest BCUT2D eigenvalue weighted by molar-refractivity contribution is 5.85. The van der Waals surface area contributed by atoms with Gasteiger partial charge in [0.25, 0.3) is 0 Å². The molecule has 3 heterocycles.